The molecule has 3 aromatic carbocycles. The molecule has 5 heteroatoms. The van der Waals surface area contributed by atoms with Gasteiger partial charge in [0.1, 0.15) is 5.76 Å². The molecule has 0 amide bonds. The molecule has 0 bridgehead atoms. The quantitative estimate of drug-likeness (QED) is 0.453. The molecule has 2 unspecified atom stereocenters. The maximum absolute atomic E-state index is 14.4. The van der Waals surface area contributed by atoms with Crippen molar-refractivity contribution in [1.82, 2.24) is 0 Å². The summed E-state index contributed by atoms with van der Waals surface area (Å²) in [5, 5.41) is 0. The third kappa shape index (κ3) is 4.08. The van der Waals surface area contributed by atoms with Gasteiger partial charge in [-0.05, 0) is 30.7 Å². The first-order valence-corrected chi connectivity index (χ1v) is 9.69. The van der Waals surface area contributed by atoms with Crippen LogP contribution in [0.2, 0.25) is 0 Å². The lowest BCUT2D eigenvalue weighted by Gasteiger charge is -2.30. The molecule has 1 heterocycles. The second kappa shape index (κ2) is 7.98. The lowest BCUT2D eigenvalue weighted by atomic mass is 10.0. The van der Waals surface area contributed by atoms with E-state index >= 15 is 0 Å². The Morgan fingerprint density at radius 3 is 1.94 bits per heavy atom. The summed E-state index contributed by atoms with van der Waals surface area (Å²) in [4.78, 5) is 0. The number of benzene rings is 3. The van der Waals surface area contributed by atoms with Gasteiger partial charge in [-0.2, -0.15) is 13.2 Å². The zero-order valence-electron chi connectivity index (χ0n) is 16.7. The van der Waals surface area contributed by atoms with Crippen LogP contribution in [0.1, 0.15) is 23.6 Å². The maximum atomic E-state index is 14.4. The van der Waals surface area contributed by atoms with Crippen LogP contribution in [-0.2, 0) is 15.3 Å². The van der Waals surface area contributed by atoms with Crippen LogP contribution < -0.4 is 0 Å². The van der Waals surface area contributed by atoms with E-state index in [1.165, 1.54) is 37.3 Å². The highest BCUT2D eigenvalue weighted by Crippen LogP contribution is 2.54. The minimum atomic E-state index is -4.84. The van der Waals surface area contributed by atoms with Crippen LogP contribution in [0, 0.1) is 11.8 Å². The van der Waals surface area contributed by atoms with E-state index in [1.807, 2.05) is 24.3 Å². The SMILES string of the molecule is CC1(C#Cc2ccccc2)OC(c2ccccc2)(C(F)(F)F)O/C1=C\c1ccccc1. The van der Waals surface area contributed by atoms with E-state index in [0.29, 0.717) is 11.1 Å². The van der Waals surface area contributed by atoms with Crippen LogP contribution in [0.15, 0.2) is 96.8 Å². The highest BCUT2D eigenvalue weighted by atomic mass is 19.4. The van der Waals surface area contributed by atoms with E-state index < -0.39 is 17.6 Å². The highest BCUT2D eigenvalue weighted by Gasteiger charge is 2.68. The van der Waals surface area contributed by atoms with Crippen LogP contribution in [0.3, 0.4) is 0 Å². The molecule has 31 heavy (non-hydrogen) atoms. The number of hydrogen-bond acceptors (Lipinski definition) is 2. The van der Waals surface area contributed by atoms with Gasteiger partial charge in [0.15, 0.2) is 5.60 Å². The first-order chi connectivity index (χ1) is 14.8. The molecule has 0 spiro atoms. The van der Waals surface area contributed by atoms with Crippen molar-refractivity contribution in [3.8, 4) is 11.8 Å². The zero-order valence-corrected chi connectivity index (χ0v) is 16.7. The molecule has 1 aliphatic heterocycles. The van der Waals surface area contributed by atoms with E-state index in [9.17, 15) is 13.2 Å². The molecule has 0 aliphatic carbocycles. The van der Waals surface area contributed by atoms with Gasteiger partial charge in [-0.25, -0.2) is 0 Å². The Morgan fingerprint density at radius 1 is 0.806 bits per heavy atom. The molecular weight excluding hydrogens is 401 g/mol. The number of rotatable bonds is 2. The summed E-state index contributed by atoms with van der Waals surface area (Å²) in [6, 6.07) is 25.3. The molecule has 1 saturated heterocycles. The van der Waals surface area contributed by atoms with Crippen molar-refractivity contribution in [3.63, 3.8) is 0 Å². The third-order valence-electron chi connectivity index (χ3n) is 4.92. The van der Waals surface area contributed by atoms with Crippen molar-refractivity contribution in [2.24, 2.45) is 0 Å². The predicted molar refractivity (Wildman–Crippen MR) is 112 cm³/mol. The molecule has 0 radical (unpaired) electrons. The van der Waals surface area contributed by atoms with Crippen molar-refractivity contribution in [1.29, 1.82) is 0 Å². The van der Waals surface area contributed by atoms with Crippen molar-refractivity contribution in [2.75, 3.05) is 0 Å². The van der Waals surface area contributed by atoms with Gasteiger partial charge in [-0.1, -0.05) is 90.7 Å². The molecule has 156 valence electrons. The van der Waals surface area contributed by atoms with Gasteiger partial charge in [0.05, 0.1) is 0 Å². The van der Waals surface area contributed by atoms with E-state index in [2.05, 4.69) is 11.8 Å². The van der Waals surface area contributed by atoms with E-state index in [1.54, 1.807) is 42.5 Å². The number of halogens is 3. The Morgan fingerprint density at radius 2 is 1.35 bits per heavy atom. The van der Waals surface area contributed by atoms with E-state index in [0.717, 1.165) is 0 Å². The van der Waals surface area contributed by atoms with Gasteiger partial charge in [-0.15, -0.1) is 0 Å². The molecule has 1 fully saturated rings. The average Bonchev–Trinajstić information content (AvgIpc) is 3.08. The van der Waals surface area contributed by atoms with Gasteiger partial charge in [0.25, 0.3) is 0 Å². The Bertz CT molecular complexity index is 1130. The van der Waals surface area contributed by atoms with Crippen molar-refractivity contribution >= 4 is 6.08 Å². The smallest absolute Gasteiger partial charge is 0.450 e. The number of alkyl halides is 3. The third-order valence-corrected chi connectivity index (χ3v) is 4.92. The summed E-state index contributed by atoms with van der Waals surface area (Å²) in [6.45, 7) is 1.49. The standard InChI is InChI=1S/C26H19F3O2/c1-24(18-17-20-11-5-2-6-12-20)23(19-21-13-7-3-8-14-21)30-25(31-24,26(27,28)29)22-15-9-4-10-16-22/h2-16,19H,1H3/b23-19-. The summed E-state index contributed by atoms with van der Waals surface area (Å²) in [7, 11) is 0. The molecule has 0 N–H and O–H groups in total. The lowest BCUT2D eigenvalue weighted by molar-refractivity contribution is -0.357. The fourth-order valence-electron chi connectivity index (χ4n) is 3.33. The molecule has 0 aromatic heterocycles. The molecular formula is C26H19F3O2. The van der Waals surface area contributed by atoms with Crippen LogP contribution in [0.25, 0.3) is 6.08 Å². The molecule has 0 saturated carbocycles. The number of ether oxygens (including phenoxy) is 2. The largest absolute Gasteiger partial charge is 0.460 e. The van der Waals surface area contributed by atoms with Crippen LogP contribution in [0.5, 0.6) is 0 Å². The summed E-state index contributed by atoms with van der Waals surface area (Å²) in [5.41, 5.74) is -0.431. The molecule has 1 aliphatic rings. The Kier molecular flexibility index (Phi) is 5.34. The average molecular weight is 420 g/mol. The maximum Gasteiger partial charge on any atom is 0.460 e. The van der Waals surface area contributed by atoms with Crippen molar-refractivity contribution in [2.45, 2.75) is 24.5 Å². The molecule has 4 rings (SSSR count). The summed E-state index contributed by atoms with van der Waals surface area (Å²) in [6.07, 6.45) is -3.30. The monoisotopic (exact) mass is 420 g/mol. The van der Waals surface area contributed by atoms with Gasteiger partial charge in [-0.3, -0.25) is 0 Å². The van der Waals surface area contributed by atoms with Crippen molar-refractivity contribution in [3.05, 3.63) is 113 Å². The van der Waals surface area contributed by atoms with Crippen LogP contribution in [0.4, 0.5) is 13.2 Å². The topological polar surface area (TPSA) is 18.5 Å². The van der Waals surface area contributed by atoms with Crippen molar-refractivity contribution < 1.29 is 22.6 Å². The predicted octanol–water partition coefficient (Wildman–Crippen LogP) is 6.30. The van der Waals surface area contributed by atoms with Crippen LogP contribution >= 0.6 is 0 Å². The second-order valence-electron chi connectivity index (χ2n) is 7.25. The normalized spacial score (nSPS) is 24.3. The van der Waals surface area contributed by atoms with Gasteiger partial charge >= 0.3 is 12.0 Å². The number of hydrogen-bond donors (Lipinski definition) is 0. The zero-order chi connectivity index (χ0) is 22.0. The first kappa shape index (κ1) is 20.8. The fourth-order valence-corrected chi connectivity index (χ4v) is 3.33. The molecule has 2 atom stereocenters. The summed E-state index contributed by atoms with van der Waals surface area (Å²) >= 11 is 0. The summed E-state index contributed by atoms with van der Waals surface area (Å²) < 4.78 is 54.5. The lowest BCUT2D eigenvalue weighted by Crippen LogP contribution is -2.45. The fraction of sp³-hybridized carbons (Fsp3) is 0.154. The van der Waals surface area contributed by atoms with Gasteiger partial charge in [0, 0.05) is 11.1 Å². The van der Waals surface area contributed by atoms with Gasteiger partial charge < -0.3 is 9.47 Å². The minimum absolute atomic E-state index is 0.0108. The first-order valence-electron chi connectivity index (χ1n) is 9.69. The minimum Gasteiger partial charge on any atom is -0.450 e. The van der Waals surface area contributed by atoms with E-state index in [4.69, 9.17) is 9.47 Å². The highest BCUT2D eigenvalue weighted by molar-refractivity contribution is 5.57. The van der Waals surface area contributed by atoms with Crippen LogP contribution in [-0.4, -0.2) is 11.8 Å². The Labute approximate surface area is 178 Å². The van der Waals surface area contributed by atoms with E-state index in [-0.39, 0.29) is 11.3 Å². The Hall–Kier alpha value is -3.49. The molecule has 2 nitrogen and oxygen atoms in total. The van der Waals surface area contributed by atoms with Gasteiger partial charge in [0.2, 0.25) is 0 Å². The summed E-state index contributed by atoms with van der Waals surface area (Å²) in [5.74, 6) is 2.82. The molecule has 3 aromatic rings. The second-order valence-corrected chi connectivity index (χ2v) is 7.25. The Balaban J connectivity index is 1.87.